The minimum absolute atomic E-state index is 0.158. The molecule has 1 aromatic carbocycles. The molecule has 0 saturated carbocycles. The minimum atomic E-state index is -0.403. The van der Waals surface area contributed by atoms with Gasteiger partial charge in [-0.05, 0) is 19.1 Å². The Balaban J connectivity index is 3.08. The van der Waals surface area contributed by atoms with Crippen molar-refractivity contribution in [2.75, 3.05) is 45.4 Å². The minimum Gasteiger partial charge on any atom is -0.383 e. The van der Waals surface area contributed by atoms with Gasteiger partial charge in [0, 0.05) is 32.9 Å². The predicted octanol–water partition coefficient (Wildman–Crippen LogP) is 2.13. The van der Waals surface area contributed by atoms with Crippen molar-refractivity contribution in [3.63, 3.8) is 0 Å². The quantitative estimate of drug-likeness (QED) is 0.678. The molecule has 0 fully saturated rings. The number of nitrogens with zero attached hydrogens (tertiary/aromatic N) is 1. The van der Waals surface area contributed by atoms with Gasteiger partial charge in [-0.1, -0.05) is 6.07 Å². The summed E-state index contributed by atoms with van der Waals surface area (Å²) in [6.45, 7) is 3.34. The summed E-state index contributed by atoms with van der Waals surface area (Å²) >= 11 is 0. The summed E-state index contributed by atoms with van der Waals surface area (Å²) in [7, 11) is 3.17. The van der Waals surface area contributed by atoms with Gasteiger partial charge in [0.15, 0.2) is 5.78 Å². The van der Waals surface area contributed by atoms with E-state index in [1.54, 1.807) is 31.3 Å². The molecular formula is C14H20FNO3. The number of rotatable bonds is 8. The van der Waals surface area contributed by atoms with Gasteiger partial charge in [-0.15, -0.1) is 0 Å². The molecule has 0 atom stereocenters. The molecule has 0 amide bonds. The van der Waals surface area contributed by atoms with Crippen molar-refractivity contribution in [3.05, 3.63) is 29.6 Å². The van der Waals surface area contributed by atoms with E-state index in [9.17, 15) is 9.18 Å². The van der Waals surface area contributed by atoms with Crippen LogP contribution in [-0.2, 0) is 9.47 Å². The van der Waals surface area contributed by atoms with E-state index in [0.29, 0.717) is 37.6 Å². The highest BCUT2D eigenvalue weighted by atomic mass is 19.1. The van der Waals surface area contributed by atoms with E-state index >= 15 is 0 Å². The monoisotopic (exact) mass is 269 g/mol. The van der Waals surface area contributed by atoms with E-state index in [2.05, 4.69) is 0 Å². The summed E-state index contributed by atoms with van der Waals surface area (Å²) < 4.78 is 24.1. The van der Waals surface area contributed by atoms with Gasteiger partial charge in [-0.25, -0.2) is 4.39 Å². The first-order valence-corrected chi connectivity index (χ1v) is 6.14. The second-order valence-electron chi connectivity index (χ2n) is 4.16. The van der Waals surface area contributed by atoms with E-state index in [4.69, 9.17) is 9.47 Å². The molecular weight excluding hydrogens is 249 g/mol. The fourth-order valence-corrected chi connectivity index (χ4v) is 1.86. The Kier molecular flexibility index (Phi) is 6.45. The summed E-state index contributed by atoms with van der Waals surface area (Å²) in [4.78, 5) is 13.4. The van der Waals surface area contributed by atoms with Gasteiger partial charge >= 0.3 is 0 Å². The van der Waals surface area contributed by atoms with Crippen molar-refractivity contribution in [1.29, 1.82) is 0 Å². The average Bonchev–Trinajstić information content (AvgIpc) is 2.39. The molecule has 106 valence electrons. The molecule has 0 aliphatic heterocycles. The number of methoxy groups -OCH3 is 2. The maximum Gasteiger partial charge on any atom is 0.161 e. The van der Waals surface area contributed by atoms with Crippen LogP contribution in [0.5, 0.6) is 0 Å². The second-order valence-corrected chi connectivity index (χ2v) is 4.16. The summed E-state index contributed by atoms with van der Waals surface area (Å²) in [5.41, 5.74) is 0.705. The highest BCUT2D eigenvalue weighted by Gasteiger charge is 2.18. The number of hydrogen-bond acceptors (Lipinski definition) is 4. The summed E-state index contributed by atoms with van der Waals surface area (Å²) in [6.07, 6.45) is 0. The highest BCUT2D eigenvalue weighted by Crippen LogP contribution is 2.24. The van der Waals surface area contributed by atoms with Gasteiger partial charge in [0.25, 0.3) is 0 Å². The van der Waals surface area contributed by atoms with E-state index in [0.717, 1.165) is 0 Å². The summed E-state index contributed by atoms with van der Waals surface area (Å²) in [5, 5.41) is 0. The molecule has 1 aromatic rings. The normalized spacial score (nSPS) is 10.5. The number of anilines is 1. The molecule has 0 aliphatic carbocycles. The van der Waals surface area contributed by atoms with Gasteiger partial charge < -0.3 is 14.4 Å². The Labute approximate surface area is 113 Å². The lowest BCUT2D eigenvalue weighted by atomic mass is 10.1. The van der Waals surface area contributed by atoms with Crippen molar-refractivity contribution in [3.8, 4) is 0 Å². The maximum absolute atomic E-state index is 14.0. The standard InChI is InChI=1S/C14H20FNO3/c1-11(17)12-5-4-6-13(15)14(12)16(7-9-18-2)8-10-19-3/h4-6H,7-10H2,1-3H3. The van der Waals surface area contributed by atoms with Gasteiger partial charge in [0.2, 0.25) is 0 Å². The van der Waals surface area contributed by atoms with Crippen LogP contribution < -0.4 is 4.90 Å². The Morgan fingerprint density at radius 1 is 1.21 bits per heavy atom. The lowest BCUT2D eigenvalue weighted by Crippen LogP contribution is -2.32. The molecule has 1 rings (SSSR count). The topological polar surface area (TPSA) is 38.8 Å². The van der Waals surface area contributed by atoms with Crippen LogP contribution in [-0.4, -0.2) is 46.3 Å². The highest BCUT2D eigenvalue weighted by molar-refractivity contribution is 5.99. The van der Waals surface area contributed by atoms with Crippen LogP contribution >= 0.6 is 0 Å². The fourth-order valence-electron chi connectivity index (χ4n) is 1.86. The zero-order valence-electron chi connectivity index (χ0n) is 11.6. The lowest BCUT2D eigenvalue weighted by molar-refractivity contribution is 0.101. The molecule has 4 nitrogen and oxygen atoms in total. The SMILES string of the molecule is COCCN(CCOC)c1c(F)cccc1C(C)=O. The summed E-state index contributed by atoms with van der Waals surface area (Å²) in [6, 6.07) is 4.53. The van der Waals surface area contributed by atoms with Crippen LogP contribution in [0.15, 0.2) is 18.2 Å². The van der Waals surface area contributed by atoms with Crippen molar-refractivity contribution < 1.29 is 18.7 Å². The number of ketones is 1. The average molecular weight is 269 g/mol. The smallest absolute Gasteiger partial charge is 0.161 e. The van der Waals surface area contributed by atoms with Crippen LogP contribution in [0.2, 0.25) is 0 Å². The number of Topliss-reactive ketones (excluding diaryl/α,β-unsaturated/α-hetero) is 1. The van der Waals surface area contributed by atoms with Crippen molar-refractivity contribution in [2.45, 2.75) is 6.92 Å². The van der Waals surface area contributed by atoms with Crippen molar-refractivity contribution >= 4 is 11.5 Å². The van der Waals surface area contributed by atoms with E-state index in [1.165, 1.54) is 13.0 Å². The van der Waals surface area contributed by atoms with Crippen LogP contribution in [0, 0.1) is 5.82 Å². The Morgan fingerprint density at radius 2 is 1.79 bits per heavy atom. The van der Waals surface area contributed by atoms with Crippen molar-refractivity contribution in [1.82, 2.24) is 0 Å². The van der Waals surface area contributed by atoms with Gasteiger partial charge in [-0.2, -0.15) is 0 Å². The second kappa shape index (κ2) is 7.86. The van der Waals surface area contributed by atoms with Crippen LogP contribution in [0.3, 0.4) is 0 Å². The third kappa shape index (κ3) is 4.29. The Morgan fingerprint density at radius 3 is 2.26 bits per heavy atom. The van der Waals surface area contributed by atoms with E-state index < -0.39 is 5.82 Å². The van der Waals surface area contributed by atoms with Crippen LogP contribution in [0.1, 0.15) is 17.3 Å². The first-order chi connectivity index (χ1) is 9.11. The van der Waals surface area contributed by atoms with Crippen LogP contribution in [0.25, 0.3) is 0 Å². The molecule has 0 spiro atoms. The molecule has 5 heteroatoms. The predicted molar refractivity (Wildman–Crippen MR) is 72.4 cm³/mol. The zero-order chi connectivity index (χ0) is 14.3. The Hall–Kier alpha value is -1.46. The maximum atomic E-state index is 14.0. The first kappa shape index (κ1) is 15.6. The molecule has 0 heterocycles. The summed E-state index contributed by atoms with van der Waals surface area (Å²) in [5.74, 6) is -0.561. The lowest BCUT2D eigenvalue weighted by Gasteiger charge is -2.26. The molecule has 0 N–H and O–H groups in total. The molecule has 0 unspecified atom stereocenters. The fraction of sp³-hybridized carbons (Fsp3) is 0.500. The number of carbonyl (C=O) groups is 1. The number of ether oxygens (including phenoxy) is 2. The molecule has 0 radical (unpaired) electrons. The third-order valence-corrected chi connectivity index (χ3v) is 2.81. The number of para-hydroxylation sites is 1. The van der Waals surface area contributed by atoms with E-state index in [-0.39, 0.29) is 5.78 Å². The third-order valence-electron chi connectivity index (χ3n) is 2.81. The number of hydrogen-bond donors (Lipinski definition) is 0. The Bertz CT molecular complexity index is 415. The number of halogens is 1. The van der Waals surface area contributed by atoms with Gasteiger partial charge in [0.05, 0.1) is 18.9 Å². The molecule has 19 heavy (non-hydrogen) atoms. The molecule has 0 aromatic heterocycles. The molecule has 0 saturated heterocycles. The number of benzene rings is 1. The van der Waals surface area contributed by atoms with Crippen LogP contribution in [0.4, 0.5) is 10.1 Å². The van der Waals surface area contributed by atoms with Gasteiger partial charge in [0.1, 0.15) is 5.82 Å². The van der Waals surface area contributed by atoms with Crippen molar-refractivity contribution in [2.24, 2.45) is 0 Å². The largest absolute Gasteiger partial charge is 0.383 e. The zero-order valence-corrected chi connectivity index (χ0v) is 11.6. The number of carbonyl (C=O) groups excluding carboxylic acids is 1. The van der Waals surface area contributed by atoms with E-state index in [1.807, 2.05) is 0 Å². The molecule has 0 aliphatic rings. The molecule has 0 bridgehead atoms. The van der Waals surface area contributed by atoms with Gasteiger partial charge in [-0.3, -0.25) is 4.79 Å². The first-order valence-electron chi connectivity index (χ1n) is 6.14.